The molecule has 22 heavy (non-hydrogen) atoms. The second-order valence-electron chi connectivity index (χ2n) is 5.64. The Morgan fingerprint density at radius 2 is 2.09 bits per heavy atom. The highest BCUT2D eigenvalue weighted by Gasteiger charge is 2.21. The van der Waals surface area contributed by atoms with Crippen LogP contribution in [0.15, 0.2) is 30.3 Å². The molecule has 6 nitrogen and oxygen atoms in total. The van der Waals surface area contributed by atoms with Crippen LogP contribution in [-0.4, -0.2) is 51.8 Å². The highest BCUT2D eigenvalue weighted by atomic mass is 35.5. The van der Waals surface area contributed by atoms with E-state index < -0.39 is 0 Å². The quantitative estimate of drug-likeness (QED) is 0.904. The van der Waals surface area contributed by atoms with Crippen LogP contribution in [0, 0.1) is 5.92 Å². The van der Waals surface area contributed by atoms with Crippen molar-refractivity contribution in [1.29, 1.82) is 0 Å². The van der Waals surface area contributed by atoms with E-state index in [1.54, 1.807) is 0 Å². The lowest BCUT2D eigenvalue weighted by atomic mass is 9.98. The normalized spacial score (nSPS) is 18.9. The first-order valence-electron chi connectivity index (χ1n) is 7.56. The van der Waals surface area contributed by atoms with E-state index >= 15 is 0 Å². The zero-order valence-corrected chi connectivity index (χ0v) is 13.7. The number of para-hydroxylation sites is 1. The van der Waals surface area contributed by atoms with E-state index in [1.165, 1.54) is 12.8 Å². The Bertz CT molecular complexity index is 556. The van der Waals surface area contributed by atoms with Crippen LogP contribution in [0.1, 0.15) is 18.7 Å². The minimum Gasteiger partial charge on any atom is -0.319 e. The van der Waals surface area contributed by atoms with Gasteiger partial charge in [0.25, 0.3) is 0 Å². The first kappa shape index (κ1) is 16.9. The van der Waals surface area contributed by atoms with Crippen molar-refractivity contribution in [2.24, 2.45) is 5.92 Å². The molecule has 0 aliphatic carbocycles. The molecule has 1 saturated heterocycles. The maximum atomic E-state index is 4.20. The Balaban J connectivity index is 0.00000176. The van der Waals surface area contributed by atoms with Gasteiger partial charge in [-0.25, -0.2) is 0 Å². The summed E-state index contributed by atoms with van der Waals surface area (Å²) in [5.41, 5.74) is 1.02. The molecule has 1 aromatic carbocycles. The molecule has 3 rings (SSSR count). The topological polar surface area (TPSA) is 58.9 Å². The van der Waals surface area contributed by atoms with Gasteiger partial charge in [-0.1, -0.05) is 18.2 Å². The molecule has 1 aliphatic rings. The lowest BCUT2D eigenvalue weighted by Gasteiger charge is -2.32. The fourth-order valence-corrected chi connectivity index (χ4v) is 3.02. The molecular weight excluding hydrogens is 300 g/mol. The van der Waals surface area contributed by atoms with Crippen molar-refractivity contribution in [2.45, 2.75) is 19.4 Å². The zero-order valence-electron chi connectivity index (χ0n) is 12.9. The number of nitrogens with zero attached hydrogens (tertiary/aromatic N) is 5. The zero-order chi connectivity index (χ0) is 14.5. The lowest BCUT2D eigenvalue weighted by Crippen LogP contribution is -2.39. The molecule has 0 spiro atoms. The Hall–Kier alpha value is -1.50. The minimum atomic E-state index is 0. The van der Waals surface area contributed by atoms with Crippen molar-refractivity contribution in [2.75, 3.05) is 26.7 Å². The third kappa shape index (κ3) is 4.03. The first-order chi connectivity index (χ1) is 10.4. The summed E-state index contributed by atoms with van der Waals surface area (Å²) in [5, 5.41) is 15.5. The second kappa shape index (κ2) is 8.22. The number of benzene rings is 1. The van der Waals surface area contributed by atoms with E-state index in [-0.39, 0.29) is 12.4 Å². The number of hydrogen-bond donors (Lipinski definition) is 1. The van der Waals surface area contributed by atoms with Crippen LogP contribution in [0.25, 0.3) is 5.69 Å². The number of piperidine rings is 1. The number of rotatable bonds is 5. The molecule has 120 valence electrons. The molecule has 1 aliphatic heterocycles. The van der Waals surface area contributed by atoms with E-state index in [4.69, 9.17) is 0 Å². The second-order valence-corrected chi connectivity index (χ2v) is 5.64. The van der Waals surface area contributed by atoms with Gasteiger partial charge in [-0.15, -0.1) is 17.5 Å². The fraction of sp³-hybridized carbons (Fsp3) is 0.533. The summed E-state index contributed by atoms with van der Waals surface area (Å²) in [4.78, 5) is 2.46. The van der Waals surface area contributed by atoms with Crippen molar-refractivity contribution in [3.8, 4) is 5.69 Å². The summed E-state index contributed by atoms with van der Waals surface area (Å²) >= 11 is 0. The smallest absolute Gasteiger partial charge is 0.170 e. The van der Waals surface area contributed by atoms with Gasteiger partial charge >= 0.3 is 0 Å². The monoisotopic (exact) mass is 322 g/mol. The highest BCUT2D eigenvalue weighted by Crippen LogP contribution is 2.18. The molecule has 0 saturated carbocycles. The van der Waals surface area contributed by atoms with Crippen LogP contribution in [0.5, 0.6) is 0 Å². The first-order valence-corrected chi connectivity index (χ1v) is 7.56. The molecule has 2 aromatic rings. The fourth-order valence-electron chi connectivity index (χ4n) is 3.02. The van der Waals surface area contributed by atoms with Gasteiger partial charge in [-0.2, -0.15) is 4.68 Å². The predicted octanol–water partition coefficient (Wildman–Crippen LogP) is 1.52. The van der Waals surface area contributed by atoms with Crippen LogP contribution in [0.2, 0.25) is 0 Å². The summed E-state index contributed by atoms with van der Waals surface area (Å²) in [7, 11) is 2.02. The van der Waals surface area contributed by atoms with Crippen molar-refractivity contribution >= 4 is 12.4 Å². The lowest BCUT2D eigenvalue weighted by molar-refractivity contribution is 0.162. The van der Waals surface area contributed by atoms with Gasteiger partial charge in [0.05, 0.1) is 12.2 Å². The number of tetrazole rings is 1. The molecule has 7 heteroatoms. The molecule has 0 radical (unpaired) electrons. The number of likely N-dealkylation sites (tertiary alicyclic amines) is 1. The van der Waals surface area contributed by atoms with Gasteiger partial charge in [0, 0.05) is 6.54 Å². The third-order valence-corrected chi connectivity index (χ3v) is 4.00. The van der Waals surface area contributed by atoms with Gasteiger partial charge in [0.1, 0.15) is 0 Å². The average molecular weight is 323 g/mol. The molecule has 2 heterocycles. The van der Waals surface area contributed by atoms with Crippen LogP contribution >= 0.6 is 12.4 Å². The van der Waals surface area contributed by atoms with E-state index in [0.29, 0.717) is 0 Å². The maximum absolute atomic E-state index is 4.20. The van der Waals surface area contributed by atoms with E-state index in [1.807, 2.05) is 42.1 Å². The maximum Gasteiger partial charge on any atom is 0.170 e. The summed E-state index contributed by atoms with van der Waals surface area (Å²) in [6.45, 7) is 4.13. The van der Waals surface area contributed by atoms with Crippen LogP contribution in [0.3, 0.4) is 0 Å². The molecule has 0 amide bonds. The molecule has 1 unspecified atom stereocenters. The van der Waals surface area contributed by atoms with Gasteiger partial charge in [0.15, 0.2) is 5.82 Å². The van der Waals surface area contributed by atoms with Gasteiger partial charge in [-0.3, -0.25) is 4.90 Å². The van der Waals surface area contributed by atoms with Gasteiger partial charge in [-0.05, 0) is 61.5 Å². The number of hydrogen-bond acceptors (Lipinski definition) is 5. The average Bonchev–Trinajstić information content (AvgIpc) is 2.97. The van der Waals surface area contributed by atoms with E-state index in [9.17, 15) is 0 Å². The molecule has 1 atom stereocenters. The standard InChI is InChI=1S/C15H22N6.ClH/c1-16-10-13-6-5-9-20(11-13)12-15-17-18-19-21(15)14-7-3-2-4-8-14;/h2-4,7-8,13,16H,5-6,9-12H2,1H3;1H. The Kier molecular flexibility index (Phi) is 6.30. The summed E-state index contributed by atoms with van der Waals surface area (Å²) in [6, 6.07) is 10.1. The Morgan fingerprint density at radius 1 is 1.27 bits per heavy atom. The number of nitrogens with one attached hydrogen (secondary N) is 1. The van der Waals surface area contributed by atoms with Crippen molar-refractivity contribution in [3.05, 3.63) is 36.2 Å². The van der Waals surface area contributed by atoms with Gasteiger partial charge < -0.3 is 5.32 Å². The van der Waals surface area contributed by atoms with Crippen LogP contribution in [-0.2, 0) is 6.54 Å². The minimum absolute atomic E-state index is 0. The van der Waals surface area contributed by atoms with Crippen molar-refractivity contribution in [3.63, 3.8) is 0 Å². The Labute approximate surface area is 137 Å². The predicted molar refractivity (Wildman–Crippen MR) is 88.3 cm³/mol. The molecule has 1 fully saturated rings. The largest absolute Gasteiger partial charge is 0.319 e. The van der Waals surface area contributed by atoms with Gasteiger partial charge in [0.2, 0.25) is 0 Å². The van der Waals surface area contributed by atoms with Crippen molar-refractivity contribution in [1.82, 2.24) is 30.4 Å². The van der Waals surface area contributed by atoms with Crippen LogP contribution in [0.4, 0.5) is 0 Å². The van der Waals surface area contributed by atoms with E-state index in [0.717, 1.165) is 43.6 Å². The highest BCUT2D eigenvalue weighted by molar-refractivity contribution is 5.85. The molecule has 1 aromatic heterocycles. The van der Waals surface area contributed by atoms with Crippen molar-refractivity contribution < 1.29 is 0 Å². The number of halogens is 1. The SMILES string of the molecule is CNCC1CCCN(Cc2nnnn2-c2ccccc2)C1.Cl. The molecule has 1 N–H and O–H groups in total. The third-order valence-electron chi connectivity index (χ3n) is 4.00. The van der Waals surface area contributed by atoms with E-state index in [2.05, 4.69) is 25.7 Å². The summed E-state index contributed by atoms with van der Waals surface area (Å²) in [5.74, 6) is 1.64. The summed E-state index contributed by atoms with van der Waals surface area (Å²) < 4.78 is 1.84. The molecular formula is C15H23ClN6. The molecule has 0 bridgehead atoms. The Morgan fingerprint density at radius 3 is 2.86 bits per heavy atom. The number of aromatic nitrogens is 4. The van der Waals surface area contributed by atoms with Crippen LogP contribution < -0.4 is 5.32 Å². The summed E-state index contributed by atoms with van der Waals surface area (Å²) in [6.07, 6.45) is 2.56.